The minimum atomic E-state index is -0.976. The van der Waals surface area contributed by atoms with E-state index in [0.29, 0.717) is 29.1 Å². The molecule has 0 radical (unpaired) electrons. The molecule has 0 aliphatic rings. The van der Waals surface area contributed by atoms with Gasteiger partial charge < -0.3 is 25.8 Å². The summed E-state index contributed by atoms with van der Waals surface area (Å²) in [5.74, 6) is -0.779. The molecule has 2 aromatic carbocycles. The third kappa shape index (κ3) is 6.26. The maximum atomic E-state index is 12.6. The quantitative estimate of drug-likeness (QED) is 0.388. The summed E-state index contributed by atoms with van der Waals surface area (Å²) >= 11 is 0. The molecule has 0 spiro atoms. The minimum Gasteiger partial charge on any atom is -0.495 e. The van der Waals surface area contributed by atoms with Crippen LogP contribution in [-0.2, 0) is 15.3 Å². The van der Waals surface area contributed by atoms with Gasteiger partial charge in [0.05, 0.1) is 19.2 Å². The Morgan fingerprint density at radius 2 is 1.76 bits per heavy atom. The molecule has 3 amide bonds. The van der Waals surface area contributed by atoms with Gasteiger partial charge in [-0.25, -0.2) is 4.79 Å². The van der Waals surface area contributed by atoms with Crippen LogP contribution in [0.3, 0.4) is 0 Å². The van der Waals surface area contributed by atoms with Crippen molar-refractivity contribution >= 4 is 29.3 Å². The van der Waals surface area contributed by atoms with E-state index in [1.807, 2.05) is 43.0 Å². The number of carbonyl (C=O) groups excluding carboxylic acids is 2. The Kier molecular flexibility index (Phi) is 9.03. The summed E-state index contributed by atoms with van der Waals surface area (Å²) in [4.78, 5) is 37.9. The van der Waals surface area contributed by atoms with E-state index in [-0.39, 0.29) is 18.4 Å². The van der Waals surface area contributed by atoms with Crippen LogP contribution in [0.15, 0.2) is 42.5 Å². The Balaban J connectivity index is 2.40. The van der Waals surface area contributed by atoms with E-state index in [2.05, 4.69) is 16.0 Å². The number of nitrogens with one attached hydrogen (secondary N) is 3. The molecule has 0 aliphatic heterocycles. The highest BCUT2D eigenvalue weighted by atomic mass is 16.5. The molecule has 0 saturated carbocycles. The summed E-state index contributed by atoms with van der Waals surface area (Å²) in [6.45, 7) is 7.03. The first-order valence-electron chi connectivity index (χ1n) is 11.1. The van der Waals surface area contributed by atoms with Crippen LogP contribution in [0.4, 0.5) is 16.2 Å². The first-order chi connectivity index (χ1) is 16.0. The zero-order chi connectivity index (χ0) is 25.5. The van der Waals surface area contributed by atoms with Gasteiger partial charge in [-0.15, -0.1) is 0 Å². The van der Waals surface area contributed by atoms with Crippen molar-refractivity contribution in [2.75, 3.05) is 24.8 Å². The highest BCUT2D eigenvalue weighted by molar-refractivity contribution is 6.01. The van der Waals surface area contributed by atoms with Gasteiger partial charge in [-0.2, -0.15) is 0 Å². The van der Waals surface area contributed by atoms with E-state index in [1.165, 1.54) is 14.0 Å². The number of carboxylic acid groups (broad SMARTS) is 1. The average molecular weight is 471 g/mol. The van der Waals surface area contributed by atoms with Crippen LogP contribution >= 0.6 is 0 Å². The number of methoxy groups -OCH3 is 1. The van der Waals surface area contributed by atoms with E-state index in [4.69, 9.17) is 4.74 Å². The summed E-state index contributed by atoms with van der Waals surface area (Å²) in [5.41, 5.74) is 1.80. The maximum absolute atomic E-state index is 12.6. The highest BCUT2D eigenvalue weighted by Crippen LogP contribution is 2.36. The monoisotopic (exact) mass is 470 g/mol. The summed E-state index contributed by atoms with van der Waals surface area (Å²) in [7, 11) is 3.27. The Morgan fingerprint density at radius 1 is 1.12 bits per heavy atom. The Bertz CT molecular complexity index is 1040. The Morgan fingerprint density at radius 3 is 2.32 bits per heavy atom. The second-order valence-electron chi connectivity index (χ2n) is 8.26. The van der Waals surface area contributed by atoms with Crippen molar-refractivity contribution < 1.29 is 24.2 Å². The van der Waals surface area contributed by atoms with Crippen molar-refractivity contribution in [1.29, 1.82) is 0 Å². The second-order valence-corrected chi connectivity index (χ2v) is 8.26. The number of rotatable bonds is 10. The summed E-state index contributed by atoms with van der Waals surface area (Å²) in [6.07, 6.45) is 0.379. The smallest absolute Gasteiger partial charge is 0.323 e. The van der Waals surface area contributed by atoms with Crippen LogP contribution < -0.4 is 20.7 Å². The lowest BCUT2D eigenvalue weighted by Gasteiger charge is -2.45. The zero-order valence-corrected chi connectivity index (χ0v) is 20.6. The van der Waals surface area contributed by atoms with E-state index >= 15 is 0 Å². The van der Waals surface area contributed by atoms with Gasteiger partial charge in [-0.05, 0) is 56.6 Å². The van der Waals surface area contributed by atoms with Crippen LogP contribution in [0.5, 0.6) is 5.75 Å². The van der Waals surface area contributed by atoms with Crippen LogP contribution in [0, 0.1) is 6.92 Å². The largest absolute Gasteiger partial charge is 0.495 e. The molecule has 0 aliphatic carbocycles. The molecule has 2 unspecified atom stereocenters. The number of anilines is 2. The number of hydrogen-bond donors (Lipinski definition) is 4. The van der Waals surface area contributed by atoms with Crippen molar-refractivity contribution in [2.45, 2.75) is 52.2 Å². The molecule has 0 heterocycles. The number of benzene rings is 2. The lowest BCUT2D eigenvalue weighted by molar-refractivity contribution is -0.139. The Hall–Kier alpha value is -3.59. The molecule has 0 aromatic heterocycles. The number of amides is 3. The molecule has 9 heteroatoms. The van der Waals surface area contributed by atoms with E-state index in [9.17, 15) is 19.5 Å². The first-order valence-corrected chi connectivity index (χ1v) is 11.1. The third-order valence-corrected chi connectivity index (χ3v) is 5.95. The fourth-order valence-electron chi connectivity index (χ4n) is 4.00. The molecular weight excluding hydrogens is 436 g/mol. The standard InChI is InChI=1S/C25H34N4O5/c1-7-25(28-18(4)30,29(5)17(3)14-23(31)32)19-12-13-21(22(15-19)34-6)27-24(33)26-20-11-9-8-10-16(20)2/h8-13,15,17H,7,14H2,1-6H3,(H,28,30)(H,31,32)(H2,26,27,33). The lowest BCUT2D eigenvalue weighted by Crippen LogP contribution is -2.58. The van der Waals surface area contributed by atoms with E-state index in [0.717, 1.165) is 5.56 Å². The van der Waals surface area contributed by atoms with Crippen LogP contribution in [0.1, 0.15) is 44.7 Å². The SMILES string of the molecule is CCC(NC(C)=O)(c1ccc(NC(=O)Nc2ccccc2C)c(OC)c1)N(C)C(C)CC(=O)O. The molecule has 9 nitrogen and oxygen atoms in total. The van der Waals surface area contributed by atoms with Crippen molar-refractivity contribution in [3.8, 4) is 5.75 Å². The molecule has 0 saturated heterocycles. The van der Waals surface area contributed by atoms with Gasteiger partial charge in [0, 0.05) is 18.7 Å². The van der Waals surface area contributed by atoms with E-state index < -0.39 is 17.7 Å². The van der Waals surface area contributed by atoms with Crippen LogP contribution in [0.25, 0.3) is 0 Å². The second kappa shape index (κ2) is 11.5. The van der Waals surface area contributed by atoms with E-state index in [1.54, 1.807) is 32.2 Å². The zero-order valence-electron chi connectivity index (χ0n) is 20.6. The van der Waals surface area contributed by atoms with Crippen molar-refractivity contribution in [3.63, 3.8) is 0 Å². The number of hydrogen-bond acceptors (Lipinski definition) is 5. The predicted molar refractivity (Wildman–Crippen MR) is 132 cm³/mol. The molecule has 34 heavy (non-hydrogen) atoms. The number of nitrogens with zero attached hydrogens (tertiary/aromatic N) is 1. The van der Waals surface area contributed by atoms with Crippen LogP contribution in [-0.4, -0.2) is 48.1 Å². The molecule has 4 N–H and O–H groups in total. The molecule has 2 rings (SSSR count). The molecule has 2 atom stereocenters. The topological polar surface area (TPSA) is 120 Å². The number of carboxylic acids is 1. The lowest BCUT2D eigenvalue weighted by atomic mass is 9.92. The summed E-state index contributed by atoms with van der Waals surface area (Å²) in [5, 5.41) is 17.9. The fraction of sp³-hybridized carbons (Fsp3) is 0.400. The molecule has 2 aromatic rings. The Labute approximate surface area is 200 Å². The molecule has 184 valence electrons. The highest BCUT2D eigenvalue weighted by Gasteiger charge is 2.39. The van der Waals surface area contributed by atoms with Gasteiger partial charge in [0.1, 0.15) is 11.4 Å². The van der Waals surface area contributed by atoms with Gasteiger partial charge in [0.25, 0.3) is 0 Å². The van der Waals surface area contributed by atoms with Gasteiger partial charge >= 0.3 is 12.0 Å². The van der Waals surface area contributed by atoms with Crippen molar-refractivity contribution in [2.24, 2.45) is 0 Å². The summed E-state index contributed by atoms with van der Waals surface area (Å²) < 4.78 is 5.54. The number of aryl methyl sites for hydroxylation is 1. The molecular formula is C25H34N4O5. The average Bonchev–Trinajstić information content (AvgIpc) is 2.78. The number of aliphatic carboxylic acids is 1. The first kappa shape index (κ1) is 26.7. The molecule has 0 fully saturated rings. The number of urea groups is 1. The molecule has 0 bridgehead atoms. The third-order valence-electron chi connectivity index (χ3n) is 5.95. The number of para-hydroxylation sites is 1. The maximum Gasteiger partial charge on any atom is 0.323 e. The fourth-order valence-corrected chi connectivity index (χ4v) is 4.00. The number of ether oxygens (including phenoxy) is 1. The number of carbonyl (C=O) groups is 3. The normalized spacial score (nSPS) is 13.5. The van der Waals surface area contributed by atoms with Gasteiger partial charge in [0.15, 0.2) is 0 Å². The summed E-state index contributed by atoms with van der Waals surface area (Å²) in [6, 6.07) is 11.9. The van der Waals surface area contributed by atoms with Crippen molar-refractivity contribution in [3.05, 3.63) is 53.6 Å². The predicted octanol–water partition coefficient (Wildman–Crippen LogP) is 4.14. The van der Waals surface area contributed by atoms with Crippen molar-refractivity contribution in [1.82, 2.24) is 10.2 Å². The van der Waals surface area contributed by atoms with Crippen LogP contribution in [0.2, 0.25) is 0 Å². The van der Waals surface area contributed by atoms with Gasteiger partial charge in [-0.3, -0.25) is 14.5 Å². The van der Waals surface area contributed by atoms with Gasteiger partial charge in [0.2, 0.25) is 5.91 Å². The minimum absolute atomic E-state index is 0.0896. The van der Waals surface area contributed by atoms with Gasteiger partial charge in [-0.1, -0.05) is 31.2 Å².